The van der Waals surface area contributed by atoms with E-state index in [1.807, 2.05) is 36.4 Å². The van der Waals surface area contributed by atoms with Crippen LogP contribution in [0, 0.1) is 0 Å². The number of nitrogens with zero attached hydrogens (tertiary/aromatic N) is 1. The van der Waals surface area contributed by atoms with Crippen LogP contribution in [0.1, 0.15) is 27.0 Å². The molecule has 24 heavy (non-hydrogen) atoms. The zero-order valence-corrected chi connectivity index (χ0v) is 13.3. The molecular formula is C18H17N3O3. The number of methoxy groups -OCH3 is 1. The number of aromatic amines is 2. The highest BCUT2D eigenvalue weighted by Gasteiger charge is 2.20. The predicted octanol–water partition coefficient (Wildman–Crippen LogP) is 2.16. The van der Waals surface area contributed by atoms with E-state index in [-0.39, 0.29) is 11.7 Å². The molecule has 122 valence electrons. The van der Waals surface area contributed by atoms with E-state index in [0.29, 0.717) is 5.56 Å². The number of esters is 1. The van der Waals surface area contributed by atoms with Crippen LogP contribution in [-0.2, 0) is 24.4 Å². The summed E-state index contributed by atoms with van der Waals surface area (Å²) in [4.78, 5) is 30.8. The summed E-state index contributed by atoms with van der Waals surface area (Å²) < 4.78 is 4.78. The minimum Gasteiger partial charge on any atom is -0.465 e. The van der Waals surface area contributed by atoms with E-state index in [1.165, 1.54) is 12.7 Å². The van der Waals surface area contributed by atoms with Gasteiger partial charge in [0.05, 0.1) is 23.7 Å². The molecule has 1 aliphatic heterocycles. The first-order chi connectivity index (χ1) is 11.6. The van der Waals surface area contributed by atoms with Crippen LogP contribution < -0.4 is 5.69 Å². The summed E-state index contributed by atoms with van der Waals surface area (Å²) in [6.07, 6.45) is 0. The number of fused-ring (bicyclic) bond motifs is 2. The van der Waals surface area contributed by atoms with Gasteiger partial charge in [0.25, 0.3) is 0 Å². The molecule has 6 heteroatoms. The molecule has 0 amide bonds. The number of carbonyl (C=O) groups is 1. The molecule has 2 aromatic carbocycles. The third-order valence-electron chi connectivity index (χ3n) is 4.40. The molecule has 0 saturated heterocycles. The summed E-state index contributed by atoms with van der Waals surface area (Å²) in [5.74, 6) is -0.307. The third kappa shape index (κ3) is 2.61. The standard InChI is InChI=1S/C18H17N3O3/c1-24-17(22)12-3-4-13-9-21(10-14(13)7-12)8-11-2-5-15-16(6-11)20-18(23)19-15/h2-7H,8-10H2,1H3,(H2,19,20,23). The molecule has 2 N–H and O–H groups in total. The van der Waals surface area contributed by atoms with Crippen molar-refractivity contribution in [2.24, 2.45) is 0 Å². The molecule has 0 unspecified atom stereocenters. The lowest BCUT2D eigenvalue weighted by Gasteiger charge is -2.14. The van der Waals surface area contributed by atoms with Crippen LogP contribution in [0.3, 0.4) is 0 Å². The summed E-state index contributed by atoms with van der Waals surface area (Å²) >= 11 is 0. The van der Waals surface area contributed by atoms with Gasteiger partial charge < -0.3 is 14.7 Å². The zero-order valence-electron chi connectivity index (χ0n) is 13.3. The lowest BCUT2D eigenvalue weighted by molar-refractivity contribution is 0.0600. The molecule has 0 bridgehead atoms. The number of imidazole rings is 1. The van der Waals surface area contributed by atoms with Gasteiger partial charge >= 0.3 is 11.7 Å². The number of hydrogen-bond donors (Lipinski definition) is 2. The first-order valence-electron chi connectivity index (χ1n) is 7.76. The maximum atomic E-state index is 11.6. The van der Waals surface area contributed by atoms with E-state index in [9.17, 15) is 9.59 Å². The minimum atomic E-state index is -0.307. The third-order valence-corrected chi connectivity index (χ3v) is 4.40. The van der Waals surface area contributed by atoms with Crippen molar-refractivity contribution < 1.29 is 9.53 Å². The highest BCUT2D eigenvalue weighted by Crippen LogP contribution is 2.26. The van der Waals surface area contributed by atoms with E-state index < -0.39 is 0 Å². The van der Waals surface area contributed by atoms with Crippen LogP contribution in [0.2, 0.25) is 0 Å². The Morgan fingerprint density at radius 3 is 2.71 bits per heavy atom. The molecule has 0 fully saturated rings. The van der Waals surface area contributed by atoms with E-state index in [1.54, 1.807) is 0 Å². The van der Waals surface area contributed by atoms with Gasteiger partial charge in [0, 0.05) is 19.6 Å². The summed E-state index contributed by atoms with van der Waals surface area (Å²) in [5, 5.41) is 0. The Kier molecular flexibility index (Phi) is 3.46. The van der Waals surface area contributed by atoms with Crippen molar-refractivity contribution in [1.29, 1.82) is 0 Å². The number of rotatable bonds is 3. The second-order valence-electron chi connectivity index (χ2n) is 6.08. The van der Waals surface area contributed by atoms with Crippen molar-refractivity contribution in [1.82, 2.24) is 14.9 Å². The van der Waals surface area contributed by atoms with Gasteiger partial charge in [-0.2, -0.15) is 0 Å². The molecule has 0 aliphatic carbocycles. The van der Waals surface area contributed by atoms with Crippen molar-refractivity contribution in [2.45, 2.75) is 19.6 Å². The zero-order chi connectivity index (χ0) is 16.7. The van der Waals surface area contributed by atoms with Crippen LogP contribution >= 0.6 is 0 Å². The normalized spacial score (nSPS) is 14.0. The van der Waals surface area contributed by atoms with Gasteiger partial charge in [0.15, 0.2) is 0 Å². The molecule has 1 aromatic heterocycles. The quantitative estimate of drug-likeness (QED) is 0.724. The number of carbonyl (C=O) groups excluding carboxylic acids is 1. The smallest absolute Gasteiger partial charge is 0.337 e. The van der Waals surface area contributed by atoms with Crippen molar-refractivity contribution >= 4 is 17.0 Å². The Balaban J connectivity index is 1.53. The Bertz CT molecular complexity index is 987. The Morgan fingerprint density at radius 2 is 1.88 bits per heavy atom. The Morgan fingerprint density at radius 1 is 1.08 bits per heavy atom. The number of nitrogens with one attached hydrogen (secondary N) is 2. The van der Waals surface area contributed by atoms with Crippen LogP contribution in [0.4, 0.5) is 0 Å². The molecule has 0 saturated carbocycles. The van der Waals surface area contributed by atoms with E-state index in [4.69, 9.17) is 4.74 Å². The fraction of sp³-hybridized carbons (Fsp3) is 0.222. The van der Waals surface area contributed by atoms with Gasteiger partial charge in [-0.1, -0.05) is 12.1 Å². The predicted molar refractivity (Wildman–Crippen MR) is 89.7 cm³/mol. The number of hydrogen-bond acceptors (Lipinski definition) is 4. The highest BCUT2D eigenvalue weighted by atomic mass is 16.5. The fourth-order valence-electron chi connectivity index (χ4n) is 3.26. The summed E-state index contributed by atoms with van der Waals surface area (Å²) in [5.41, 5.74) is 5.57. The lowest BCUT2D eigenvalue weighted by Crippen LogP contribution is -2.15. The first-order valence-corrected chi connectivity index (χ1v) is 7.76. The first kappa shape index (κ1) is 14.7. The van der Waals surface area contributed by atoms with Gasteiger partial charge in [0.1, 0.15) is 0 Å². The van der Waals surface area contributed by atoms with Crippen LogP contribution in [0.25, 0.3) is 11.0 Å². The van der Waals surface area contributed by atoms with Gasteiger partial charge in [-0.15, -0.1) is 0 Å². The molecule has 6 nitrogen and oxygen atoms in total. The Hall–Kier alpha value is -2.86. The van der Waals surface area contributed by atoms with Gasteiger partial charge in [-0.25, -0.2) is 9.59 Å². The second kappa shape index (κ2) is 5.65. The lowest BCUT2D eigenvalue weighted by atomic mass is 10.1. The van der Waals surface area contributed by atoms with E-state index in [2.05, 4.69) is 14.9 Å². The minimum absolute atomic E-state index is 0.189. The Labute approximate surface area is 138 Å². The fourth-order valence-corrected chi connectivity index (χ4v) is 3.26. The van der Waals surface area contributed by atoms with Crippen molar-refractivity contribution in [3.8, 4) is 0 Å². The molecule has 2 heterocycles. The summed E-state index contributed by atoms with van der Waals surface area (Å²) in [6.45, 7) is 2.42. The highest BCUT2D eigenvalue weighted by molar-refractivity contribution is 5.89. The van der Waals surface area contributed by atoms with Gasteiger partial charge in [-0.3, -0.25) is 4.90 Å². The van der Waals surface area contributed by atoms with Crippen molar-refractivity contribution in [3.05, 3.63) is 69.1 Å². The maximum absolute atomic E-state index is 11.6. The van der Waals surface area contributed by atoms with Gasteiger partial charge in [0.2, 0.25) is 0 Å². The number of benzene rings is 2. The van der Waals surface area contributed by atoms with E-state index in [0.717, 1.165) is 41.8 Å². The molecular weight excluding hydrogens is 306 g/mol. The summed E-state index contributed by atoms with van der Waals surface area (Å²) in [6, 6.07) is 11.7. The van der Waals surface area contributed by atoms with Gasteiger partial charge in [-0.05, 0) is 41.0 Å². The van der Waals surface area contributed by atoms with Crippen molar-refractivity contribution in [2.75, 3.05) is 7.11 Å². The largest absolute Gasteiger partial charge is 0.465 e. The SMILES string of the molecule is COC(=O)c1ccc2c(c1)CN(Cc1ccc3[nH]c(=O)[nH]c3c1)C2. The maximum Gasteiger partial charge on any atom is 0.337 e. The average molecular weight is 323 g/mol. The monoisotopic (exact) mass is 323 g/mol. The summed E-state index contributed by atoms with van der Waals surface area (Å²) in [7, 11) is 1.39. The van der Waals surface area contributed by atoms with Crippen molar-refractivity contribution in [3.63, 3.8) is 0 Å². The number of aromatic nitrogens is 2. The molecule has 1 aliphatic rings. The second-order valence-corrected chi connectivity index (χ2v) is 6.08. The van der Waals surface area contributed by atoms with Crippen LogP contribution in [0.15, 0.2) is 41.2 Å². The molecule has 3 aromatic rings. The van der Waals surface area contributed by atoms with E-state index >= 15 is 0 Å². The van der Waals surface area contributed by atoms with Crippen LogP contribution in [-0.4, -0.2) is 27.9 Å². The number of H-pyrrole nitrogens is 2. The molecule has 0 atom stereocenters. The average Bonchev–Trinajstić information content (AvgIpc) is 3.14. The number of ether oxygens (including phenoxy) is 1. The topological polar surface area (TPSA) is 78.2 Å². The molecule has 0 radical (unpaired) electrons. The molecule has 4 rings (SSSR count). The van der Waals surface area contributed by atoms with Crippen LogP contribution in [0.5, 0.6) is 0 Å². The molecule has 0 spiro atoms.